The Morgan fingerprint density at radius 2 is 1.88 bits per heavy atom. The van der Waals surface area contributed by atoms with Gasteiger partial charge in [-0.1, -0.05) is 6.07 Å². The molecule has 2 bridgehead atoms. The fraction of sp³-hybridized carbons (Fsp3) is 0.292. The Hall–Kier alpha value is -3.62. The van der Waals surface area contributed by atoms with E-state index in [1.165, 1.54) is 0 Å². The Labute approximate surface area is 187 Å². The number of pyridine rings is 1. The maximum absolute atomic E-state index is 13.9. The number of rotatable bonds is 2. The van der Waals surface area contributed by atoms with Crippen LogP contribution >= 0.6 is 0 Å². The second-order valence-electron chi connectivity index (χ2n) is 8.73. The minimum Gasteiger partial charge on any atom is -0.325 e. The predicted octanol–water partition coefficient (Wildman–Crippen LogP) is 4.36. The molecule has 4 aromatic rings. The van der Waals surface area contributed by atoms with Crippen molar-refractivity contribution in [3.05, 3.63) is 76.6 Å². The predicted molar refractivity (Wildman–Crippen MR) is 114 cm³/mol. The van der Waals surface area contributed by atoms with Crippen LogP contribution in [0.5, 0.6) is 0 Å². The average molecular weight is 451 g/mol. The van der Waals surface area contributed by atoms with Gasteiger partial charge in [-0.05, 0) is 50.5 Å². The van der Waals surface area contributed by atoms with E-state index in [1.54, 1.807) is 16.1 Å². The molecule has 0 radical (unpaired) electrons. The number of carbonyl (C=O) groups excluding carboxylic acids is 1. The Morgan fingerprint density at radius 3 is 2.64 bits per heavy atom. The van der Waals surface area contributed by atoms with Gasteiger partial charge in [0.15, 0.2) is 17.5 Å². The highest BCUT2D eigenvalue weighted by molar-refractivity contribution is 5.95. The smallest absolute Gasteiger partial charge is 0.273 e. The zero-order chi connectivity index (χ0) is 23.0. The Kier molecular flexibility index (Phi) is 4.21. The molecule has 1 aromatic carbocycles. The molecular formula is C24H20F3N5O. The number of hydrogen-bond acceptors (Lipinski definition) is 3. The summed E-state index contributed by atoms with van der Waals surface area (Å²) >= 11 is 0. The van der Waals surface area contributed by atoms with E-state index in [0.717, 1.165) is 36.2 Å². The third kappa shape index (κ3) is 2.77. The van der Waals surface area contributed by atoms with Gasteiger partial charge in [0, 0.05) is 30.4 Å². The molecule has 6 rings (SSSR count). The zero-order valence-corrected chi connectivity index (χ0v) is 18.0. The number of nitrogens with zero attached hydrogens (tertiary/aromatic N) is 5. The lowest BCUT2D eigenvalue weighted by Crippen LogP contribution is -2.42. The van der Waals surface area contributed by atoms with Crippen molar-refractivity contribution < 1.29 is 18.0 Å². The van der Waals surface area contributed by atoms with Crippen molar-refractivity contribution in [3.63, 3.8) is 0 Å². The summed E-state index contributed by atoms with van der Waals surface area (Å²) in [6.45, 7) is 1.83. The standard InChI is InChI=1S/C24H20F3N5O/c1-12-22(31-8-4-3-5-19(31)28-12)24(33)32-14-6-7-18(32)21-15(11-14)23(30(2)29-21)13-9-16(25)20(27)17(26)10-13/h3-5,8-10,14,18H,6-7,11H2,1-2H3. The number of hydrogen-bond donors (Lipinski definition) is 0. The first-order valence-electron chi connectivity index (χ1n) is 10.8. The molecule has 6 nitrogen and oxygen atoms in total. The van der Waals surface area contributed by atoms with Crippen LogP contribution in [0.2, 0.25) is 0 Å². The molecule has 1 amide bonds. The molecule has 1 saturated heterocycles. The third-order valence-corrected chi connectivity index (χ3v) is 6.83. The summed E-state index contributed by atoms with van der Waals surface area (Å²) in [4.78, 5) is 20.1. The van der Waals surface area contributed by atoms with Gasteiger partial charge in [-0.2, -0.15) is 5.10 Å². The summed E-state index contributed by atoms with van der Waals surface area (Å²) in [5, 5.41) is 4.65. The summed E-state index contributed by atoms with van der Waals surface area (Å²) in [6, 6.07) is 7.28. The molecule has 9 heteroatoms. The van der Waals surface area contributed by atoms with Crippen LogP contribution in [0.1, 0.15) is 46.3 Å². The van der Waals surface area contributed by atoms with Crippen LogP contribution in [-0.2, 0) is 13.5 Å². The molecule has 0 aliphatic carbocycles. The number of fused-ring (bicyclic) bond motifs is 5. The molecule has 2 unspecified atom stereocenters. The van der Waals surface area contributed by atoms with Crippen LogP contribution in [0.4, 0.5) is 13.2 Å². The summed E-state index contributed by atoms with van der Waals surface area (Å²) in [7, 11) is 1.70. The lowest BCUT2D eigenvalue weighted by atomic mass is 9.94. The van der Waals surface area contributed by atoms with E-state index >= 15 is 0 Å². The SMILES string of the molecule is Cc1nc2ccccn2c1C(=O)N1C2CCC1c1nn(C)c(-c3cc(F)c(F)c(F)c3)c1C2. The van der Waals surface area contributed by atoms with Gasteiger partial charge in [-0.15, -0.1) is 0 Å². The number of halogens is 3. The molecule has 168 valence electrons. The molecule has 1 fully saturated rings. The Balaban J connectivity index is 1.44. The maximum atomic E-state index is 13.9. The van der Waals surface area contributed by atoms with Crippen molar-refractivity contribution in [1.82, 2.24) is 24.1 Å². The molecule has 0 N–H and O–H groups in total. The first-order chi connectivity index (χ1) is 15.8. The molecule has 2 aliphatic heterocycles. The third-order valence-electron chi connectivity index (χ3n) is 6.83. The largest absolute Gasteiger partial charge is 0.325 e. The Bertz CT molecular complexity index is 1430. The summed E-state index contributed by atoms with van der Waals surface area (Å²) in [5.74, 6) is -4.07. The quantitative estimate of drug-likeness (QED) is 0.426. The monoisotopic (exact) mass is 451 g/mol. The highest BCUT2D eigenvalue weighted by atomic mass is 19.2. The number of amides is 1. The molecule has 2 aliphatic rings. The van der Waals surface area contributed by atoms with E-state index in [9.17, 15) is 18.0 Å². The van der Waals surface area contributed by atoms with Gasteiger partial charge in [-0.25, -0.2) is 18.2 Å². The van der Waals surface area contributed by atoms with E-state index < -0.39 is 17.5 Å². The van der Waals surface area contributed by atoms with Gasteiger partial charge in [0.25, 0.3) is 5.91 Å². The number of aryl methyl sites for hydroxylation is 2. The van der Waals surface area contributed by atoms with Crippen LogP contribution in [0.3, 0.4) is 0 Å². The summed E-state index contributed by atoms with van der Waals surface area (Å²) in [5.41, 5.74) is 4.28. The van der Waals surface area contributed by atoms with Gasteiger partial charge in [0.1, 0.15) is 11.3 Å². The molecule has 0 spiro atoms. The number of aromatic nitrogens is 4. The first kappa shape index (κ1) is 20.0. The van der Waals surface area contributed by atoms with Gasteiger partial charge >= 0.3 is 0 Å². The minimum absolute atomic E-state index is 0.0678. The van der Waals surface area contributed by atoms with E-state index in [-0.39, 0.29) is 23.6 Å². The van der Waals surface area contributed by atoms with Crippen molar-refractivity contribution in [2.24, 2.45) is 7.05 Å². The normalized spacial score (nSPS) is 19.4. The highest BCUT2D eigenvalue weighted by Gasteiger charge is 2.46. The number of imidazole rings is 1. The van der Waals surface area contributed by atoms with E-state index in [1.807, 2.05) is 36.2 Å². The second kappa shape index (κ2) is 6.94. The molecule has 33 heavy (non-hydrogen) atoms. The first-order valence-corrected chi connectivity index (χ1v) is 10.8. The van der Waals surface area contributed by atoms with Crippen LogP contribution in [-0.4, -0.2) is 36.0 Å². The van der Waals surface area contributed by atoms with Crippen molar-refractivity contribution in [2.45, 2.75) is 38.3 Å². The van der Waals surface area contributed by atoms with Crippen molar-refractivity contribution in [1.29, 1.82) is 0 Å². The van der Waals surface area contributed by atoms with Crippen molar-refractivity contribution in [3.8, 4) is 11.3 Å². The summed E-state index contributed by atoms with van der Waals surface area (Å²) < 4.78 is 44.8. The van der Waals surface area contributed by atoms with Crippen LogP contribution < -0.4 is 0 Å². The summed E-state index contributed by atoms with van der Waals surface area (Å²) in [6.07, 6.45) is 3.90. The molecule has 5 heterocycles. The zero-order valence-electron chi connectivity index (χ0n) is 18.0. The van der Waals surface area contributed by atoms with Gasteiger partial charge in [-0.3, -0.25) is 13.9 Å². The van der Waals surface area contributed by atoms with E-state index in [0.29, 0.717) is 29.1 Å². The molecule has 0 saturated carbocycles. The lowest BCUT2D eigenvalue weighted by Gasteiger charge is -2.34. The number of carbonyl (C=O) groups is 1. The molecule has 2 atom stereocenters. The average Bonchev–Trinajstić information content (AvgIpc) is 3.41. The van der Waals surface area contributed by atoms with E-state index in [4.69, 9.17) is 0 Å². The van der Waals surface area contributed by atoms with Crippen molar-refractivity contribution in [2.75, 3.05) is 0 Å². The van der Waals surface area contributed by atoms with Crippen LogP contribution in [0, 0.1) is 24.4 Å². The minimum atomic E-state index is -1.49. The second-order valence-corrected chi connectivity index (χ2v) is 8.73. The van der Waals surface area contributed by atoms with Crippen molar-refractivity contribution >= 4 is 11.6 Å². The van der Waals surface area contributed by atoms with Gasteiger partial charge < -0.3 is 4.90 Å². The Morgan fingerprint density at radius 1 is 1.12 bits per heavy atom. The lowest BCUT2D eigenvalue weighted by molar-refractivity contribution is 0.0634. The van der Waals surface area contributed by atoms with Crippen LogP contribution in [0.15, 0.2) is 36.5 Å². The number of benzene rings is 1. The topological polar surface area (TPSA) is 55.4 Å². The van der Waals surface area contributed by atoms with E-state index in [2.05, 4.69) is 10.1 Å². The fourth-order valence-electron chi connectivity index (χ4n) is 5.50. The van der Waals surface area contributed by atoms with Gasteiger partial charge in [0.05, 0.1) is 23.1 Å². The fourth-order valence-corrected chi connectivity index (χ4v) is 5.50. The highest BCUT2D eigenvalue weighted by Crippen LogP contribution is 2.47. The maximum Gasteiger partial charge on any atom is 0.273 e. The van der Waals surface area contributed by atoms with Gasteiger partial charge in [0.2, 0.25) is 0 Å². The van der Waals surface area contributed by atoms with Crippen LogP contribution in [0.25, 0.3) is 16.9 Å². The molecule has 3 aromatic heterocycles. The molecular weight excluding hydrogens is 431 g/mol.